The summed E-state index contributed by atoms with van der Waals surface area (Å²) in [6, 6.07) is 0. The number of carbonyl (C=O) groups is 2. The highest BCUT2D eigenvalue weighted by Gasteiger charge is 2.16. The smallest absolute Gasteiger partial charge is 0.410 e. The standard InChI is InChI=1S/C21H34N2O4/c1-3-19-17-27-21(25)23(15-12-13-22-18-24)14-10-8-6-5-7-9-11-16-26-20(19)4-2/h3-4,18H,1-2,5-17H2,(H,22,24)/b20-19-. The van der Waals surface area contributed by atoms with Crippen molar-refractivity contribution in [3.05, 3.63) is 36.6 Å². The predicted molar refractivity (Wildman–Crippen MR) is 107 cm³/mol. The lowest BCUT2D eigenvalue weighted by atomic mass is 10.1. The number of rotatable bonds is 7. The number of nitrogens with one attached hydrogen (secondary N) is 1. The zero-order chi connectivity index (χ0) is 19.7. The van der Waals surface area contributed by atoms with Gasteiger partial charge in [-0.2, -0.15) is 0 Å². The van der Waals surface area contributed by atoms with E-state index in [1.165, 1.54) is 19.3 Å². The van der Waals surface area contributed by atoms with Gasteiger partial charge in [0.05, 0.1) is 6.61 Å². The van der Waals surface area contributed by atoms with Crippen LogP contribution in [0, 0.1) is 0 Å². The minimum absolute atomic E-state index is 0.104. The van der Waals surface area contributed by atoms with Gasteiger partial charge in [0.25, 0.3) is 0 Å². The Morgan fingerprint density at radius 2 is 1.70 bits per heavy atom. The summed E-state index contributed by atoms with van der Waals surface area (Å²) in [4.78, 5) is 24.6. The lowest BCUT2D eigenvalue weighted by Gasteiger charge is -2.23. The molecule has 1 N–H and O–H groups in total. The van der Waals surface area contributed by atoms with Crippen LogP contribution in [0.2, 0.25) is 0 Å². The van der Waals surface area contributed by atoms with Gasteiger partial charge in [0.1, 0.15) is 12.4 Å². The third-order valence-corrected chi connectivity index (χ3v) is 4.52. The second-order valence-corrected chi connectivity index (χ2v) is 6.59. The van der Waals surface area contributed by atoms with Crippen LogP contribution in [-0.4, -0.2) is 50.3 Å². The van der Waals surface area contributed by atoms with E-state index in [2.05, 4.69) is 18.5 Å². The molecule has 0 aromatic carbocycles. The molecule has 0 fully saturated rings. The van der Waals surface area contributed by atoms with Crippen LogP contribution in [0.1, 0.15) is 51.4 Å². The monoisotopic (exact) mass is 378 g/mol. The van der Waals surface area contributed by atoms with Crippen molar-refractivity contribution in [3.8, 4) is 0 Å². The molecule has 0 aromatic rings. The van der Waals surface area contributed by atoms with E-state index in [0.717, 1.165) is 25.7 Å². The Labute approximate surface area is 163 Å². The highest BCUT2D eigenvalue weighted by Crippen LogP contribution is 2.14. The third kappa shape index (κ3) is 9.87. The second kappa shape index (κ2) is 14.9. The topological polar surface area (TPSA) is 67.9 Å². The third-order valence-electron chi connectivity index (χ3n) is 4.52. The van der Waals surface area contributed by atoms with E-state index in [1.807, 2.05) is 0 Å². The average molecular weight is 379 g/mol. The van der Waals surface area contributed by atoms with Crippen molar-refractivity contribution < 1.29 is 19.1 Å². The van der Waals surface area contributed by atoms with E-state index in [9.17, 15) is 9.59 Å². The number of carbonyl (C=O) groups excluding carboxylic acids is 2. The fourth-order valence-electron chi connectivity index (χ4n) is 2.94. The highest BCUT2D eigenvalue weighted by molar-refractivity contribution is 5.67. The molecule has 0 radical (unpaired) electrons. The van der Waals surface area contributed by atoms with Crippen LogP contribution < -0.4 is 5.32 Å². The minimum Gasteiger partial charge on any atom is -0.493 e. The molecule has 6 nitrogen and oxygen atoms in total. The Hall–Kier alpha value is -2.24. The second-order valence-electron chi connectivity index (χ2n) is 6.59. The van der Waals surface area contributed by atoms with Gasteiger partial charge in [-0.3, -0.25) is 4.79 Å². The van der Waals surface area contributed by atoms with Gasteiger partial charge < -0.3 is 19.7 Å². The fourth-order valence-corrected chi connectivity index (χ4v) is 2.94. The van der Waals surface area contributed by atoms with Gasteiger partial charge in [-0.05, 0) is 25.3 Å². The minimum atomic E-state index is -0.351. The summed E-state index contributed by atoms with van der Waals surface area (Å²) in [6.07, 6.45) is 12.1. The van der Waals surface area contributed by atoms with Gasteiger partial charge >= 0.3 is 6.09 Å². The molecule has 0 unspecified atom stereocenters. The Bertz CT molecular complexity index is 502. The number of allylic oxidation sites excluding steroid dienone is 1. The number of cyclic esters (lactones) is 1. The van der Waals surface area contributed by atoms with E-state index in [0.29, 0.717) is 50.4 Å². The largest absolute Gasteiger partial charge is 0.493 e. The van der Waals surface area contributed by atoms with Gasteiger partial charge in [-0.25, -0.2) is 4.79 Å². The summed E-state index contributed by atoms with van der Waals surface area (Å²) in [7, 11) is 0. The number of ether oxygens (including phenoxy) is 2. The van der Waals surface area contributed by atoms with Gasteiger partial charge in [-0.15, -0.1) is 0 Å². The quantitative estimate of drug-likeness (QED) is 0.538. The van der Waals surface area contributed by atoms with Crippen LogP contribution >= 0.6 is 0 Å². The summed E-state index contributed by atoms with van der Waals surface area (Å²) in [5, 5.41) is 2.62. The van der Waals surface area contributed by atoms with Crippen molar-refractivity contribution >= 4 is 12.5 Å². The first kappa shape index (κ1) is 22.8. The van der Waals surface area contributed by atoms with Crippen LogP contribution in [0.5, 0.6) is 0 Å². The van der Waals surface area contributed by atoms with Crippen molar-refractivity contribution in [1.82, 2.24) is 10.2 Å². The maximum atomic E-state index is 12.5. The number of hydrogen-bond donors (Lipinski definition) is 1. The Kier molecular flexibility index (Phi) is 12.6. The molecule has 27 heavy (non-hydrogen) atoms. The molecule has 1 aliphatic heterocycles. The molecule has 2 amide bonds. The van der Waals surface area contributed by atoms with Crippen LogP contribution in [0.15, 0.2) is 36.6 Å². The van der Waals surface area contributed by atoms with Crippen molar-refractivity contribution in [2.45, 2.75) is 51.4 Å². The maximum Gasteiger partial charge on any atom is 0.410 e. The zero-order valence-corrected chi connectivity index (χ0v) is 16.4. The highest BCUT2D eigenvalue weighted by atomic mass is 16.6. The molecule has 0 aliphatic carbocycles. The lowest BCUT2D eigenvalue weighted by Crippen LogP contribution is -2.35. The molecule has 0 bridgehead atoms. The molecule has 0 spiro atoms. The first-order valence-electron chi connectivity index (χ1n) is 9.92. The fraction of sp³-hybridized carbons (Fsp3) is 0.619. The molecule has 0 atom stereocenters. The number of nitrogens with zero attached hydrogens (tertiary/aromatic N) is 1. The van der Waals surface area contributed by atoms with Gasteiger partial charge in [-0.1, -0.05) is 51.3 Å². The molecule has 0 aromatic heterocycles. The van der Waals surface area contributed by atoms with E-state index >= 15 is 0 Å². The van der Waals surface area contributed by atoms with Crippen molar-refractivity contribution in [2.75, 3.05) is 32.8 Å². The van der Waals surface area contributed by atoms with E-state index in [1.54, 1.807) is 17.1 Å². The van der Waals surface area contributed by atoms with Gasteiger partial charge in [0.15, 0.2) is 0 Å². The Morgan fingerprint density at radius 3 is 2.37 bits per heavy atom. The molecular weight excluding hydrogens is 344 g/mol. The van der Waals surface area contributed by atoms with Crippen molar-refractivity contribution in [2.24, 2.45) is 0 Å². The molecule has 1 heterocycles. The number of amides is 2. The Balaban J connectivity index is 2.75. The van der Waals surface area contributed by atoms with E-state index < -0.39 is 0 Å². The maximum absolute atomic E-state index is 12.5. The normalized spacial score (nSPS) is 20.9. The number of hydrogen-bond acceptors (Lipinski definition) is 4. The molecule has 0 saturated carbocycles. The SMILES string of the molecule is C=C/C1=C(\C=C)OCCCCCCCCCN(CCCNC=O)C(=O)OC1. The first-order valence-corrected chi connectivity index (χ1v) is 9.92. The molecule has 0 saturated heterocycles. The van der Waals surface area contributed by atoms with E-state index in [4.69, 9.17) is 9.47 Å². The van der Waals surface area contributed by atoms with E-state index in [-0.39, 0.29) is 12.7 Å². The summed E-state index contributed by atoms with van der Waals surface area (Å²) in [6.45, 7) is 10.1. The summed E-state index contributed by atoms with van der Waals surface area (Å²) < 4.78 is 11.3. The molecule has 1 aliphatic rings. The molecule has 1 rings (SSSR count). The van der Waals surface area contributed by atoms with Crippen molar-refractivity contribution in [1.29, 1.82) is 0 Å². The zero-order valence-electron chi connectivity index (χ0n) is 16.4. The van der Waals surface area contributed by atoms with Crippen molar-refractivity contribution in [3.63, 3.8) is 0 Å². The molecule has 152 valence electrons. The first-order chi connectivity index (χ1) is 13.2. The van der Waals surface area contributed by atoms with Gasteiger partial charge in [0, 0.05) is 25.2 Å². The van der Waals surface area contributed by atoms with Crippen LogP contribution in [-0.2, 0) is 14.3 Å². The molecule has 6 heteroatoms. The Morgan fingerprint density at radius 1 is 1.00 bits per heavy atom. The van der Waals surface area contributed by atoms with Gasteiger partial charge in [0.2, 0.25) is 6.41 Å². The lowest BCUT2D eigenvalue weighted by molar-refractivity contribution is -0.109. The van der Waals surface area contributed by atoms with Crippen LogP contribution in [0.3, 0.4) is 0 Å². The summed E-state index contributed by atoms with van der Waals surface area (Å²) in [5.74, 6) is 0.617. The summed E-state index contributed by atoms with van der Waals surface area (Å²) >= 11 is 0. The van der Waals surface area contributed by atoms with Crippen LogP contribution in [0.25, 0.3) is 0 Å². The predicted octanol–water partition coefficient (Wildman–Crippen LogP) is 3.95. The van der Waals surface area contributed by atoms with Crippen LogP contribution in [0.4, 0.5) is 4.79 Å². The summed E-state index contributed by atoms with van der Waals surface area (Å²) in [5.41, 5.74) is 0.716. The molecular formula is C21H34N2O4. The average Bonchev–Trinajstić information content (AvgIpc) is 2.68.